The summed E-state index contributed by atoms with van der Waals surface area (Å²) in [4.78, 5) is 39.9. The average molecular weight is 638 g/mol. The van der Waals surface area contributed by atoms with Gasteiger partial charge in [-0.15, -0.1) is 0 Å². The van der Waals surface area contributed by atoms with Crippen LogP contribution in [-0.4, -0.2) is 72.6 Å². The molecule has 0 aliphatic carbocycles. The van der Waals surface area contributed by atoms with Crippen LogP contribution in [0.4, 0.5) is 9.59 Å². The number of quaternary nitrogens is 1. The first kappa shape index (κ1) is 34.1. The normalized spacial score (nSPS) is 19.4. The lowest BCUT2D eigenvalue weighted by atomic mass is 10.0. The summed E-state index contributed by atoms with van der Waals surface area (Å²) in [5, 5.41) is 4.34. The van der Waals surface area contributed by atoms with Gasteiger partial charge in [0, 0.05) is 32.4 Å². The zero-order valence-corrected chi connectivity index (χ0v) is 27.4. The lowest BCUT2D eigenvalue weighted by Gasteiger charge is -2.37. The van der Waals surface area contributed by atoms with Gasteiger partial charge in [0.15, 0.2) is 0 Å². The van der Waals surface area contributed by atoms with Crippen LogP contribution < -0.4 is 11.1 Å². The number of nitrogens with zero attached hydrogens (tertiary/aromatic N) is 2. The second kappa shape index (κ2) is 14.1. The van der Waals surface area contributed by atoms with E-state index in [0.29, 0.717) is 25.7 Å². The number of hydrogen-bond donors (Lipinski definition) is 2. The van der Waals surface area contributed by atoms with Crippen LogP contribution in [0.25, 0.3) is 10.8 Å². The summed E-state index contributed by atoms with van der Waals surface area (Å²) in [6.45, 7) is 7.61. The van der Waals surface area contributed by atoms with Crippen molar-refractivity contribution in [2.24, 2.45) is 5.73 Å². The van der Waals surface area contributed by atoms with Gasteiger partial charge in [-0.25, -0.2) is 22.8 Å². The molecule has 4 rings (SSSR count). The lowest BCUT2D eigenvalue weighted by Crippen LogP contribution is -2.67. The van der Waals surface area contributed by atoms with E-state index >= 15 is 0 Å². The van der Waals surface area contributed by atoms with E-state index in [0.717, 1.165) is 16.3 Å². The fraction of sp³-hybridized carbons (Fsp3) is 0.441. The zero-order chi connectivity index (χ0) is 32.8. The Morgan fingerprint density at radius 1 is 1.00 bits per heavy atom. The van der Waals surface area contributed by atoms with Gasteiger partial charge in [-0.05, 0) is 69.0 Å². The summed E-state index contributed by atoms with van der Waals surface area (Å²) in [5.74, 6) is -0.521. The smallest absolute Gasteiger partial charge is 0.421 e. The molecule has 1 fully saturated rings. The van der Waals surface area contributed by atoms with Gasteiger partial charge >= 0.3 is 18.0 Å². The molecule has 45 heavy (non-hydrogen) atoms. The van der Waals surface area contributed by atoms with Gasteiger partial charge in [-0.3, -0.25) is 0 Å². The van der Waals surface area contributed by atoms with Gasteiger partial charge in [0.1, 0.15) is 17.7 Å². The van der Waals surface area contributed by atoms with Crippen LogP contribution >= 0.6 is 0 Å². The molecule has 3 aromatic rings. The van der Waals surface area contributed by atoms with Crippen molar-refractivity contribution in [2.45, 2.75) is 82.4 Å². The third-order valence-electron chi connectivity index (χ3n) is 8.38. The summed E-state index contributed by atoms with van der Waals surface area (Å²) >= 11 is 0. The van der Waals surface area contributed by atoms with Gasteiger partial charge in [0.2, 0.25) is 10.0 Å². The minimum absolute atomic E-state index is 0.0124. The number of carbonyl (C=O) groups is 3. The molecule has 1 unspecified atom stereocenters. The molecule has 0 aromatic heterocycles. The summed E-state index contributed by atoms with van der Waals surface area (Å²) in [7, 11) is -4.25. The Balaban J connectivity index is 1.73. The Morgan fingerprint density at radius 3 is 2.29 bits per heavy atom. The van der Waals surface area contributed by atoms with Gasteiger partial charge in [0.05, 0.1) is 11.4 Å². The summed E-state index contributed by atoms with van der Waals surface area (Å²) < 4.78 is 35.1. The van der Waals surface area contributed by atoms with E-state index < -0.39 is 44.2 Å². The second-order valence-electron chi connectivity index (χ2n) is 12.7. The first-order chi connectivity index (χ1) is 21.3. The predicted molar refractivity (Wildman–Crippen MR) is 174 cm³/mol. The number of carbonyl (C=O) groups excluding carboxylic acids is 3. The number of primary amides is 1. The van der Waals surface area contributed by atoms with Crippen LogP contribution in [0.1, 0.15) is 58.9 Å². The van der Waals surface area contributed by atoms with Crippen molar-refractivity contribution >= 4 is 38.8 Å². The number of imide groups is 1. The maximum Gasteiger partial charge on any atom is 0.421 e. The van der Waals surface area contributed by atoms with Crippen LogP contribution in [0.15, 0.2) is 77.7 Å². The van der Waals surface area contributed by atoms with E-state index in [-0.39, 0.29) is 37.0 Å². The van der Waals surface area contributed by atoms with Gasteiger partial charge in [-0.1, -0.05) is 60.7 Å². The van der Waals surface area contributed by atoms with E-state index in [1.165, 1.54) is 4.31 Å². The molecular weight excluding hydrogens is 592 g/mol. The van der Waals surface area contributed by atoms with Crippen molar-refractivity contribution in [3.63, 3.8) is 0 Å². The molecule has 1 aliphatic heterocycles. The number of fused-ring (bicyclic) bond motifs is 1. The highest BCUT2D eigenvalue weighted by atomic mass is 32.2. The number of sulfonamides is 1. The molecule has 4 amide bonds. The molecule has 10 nitrogen and oxygen atoms in total. The van der Waals surface area contributed by atoms with Gasteiger partial charge in [-0.2, -0.15) is 8.79 Å². The van der Waals surface area contributed by atoms with E-state index in [1.807, 2.05) is 61.5 Å². The highest BCUT2D eigenvalue weighted by Gasteiger charge is 2.56. The molecule has 3 atom stereocenters. The van der Waals surface area contributed by atoms with Crippen molar-refractivity contribution in [1.82, 2.24) is 9.62 Å². The molecule has 3 N–H and O–H groups in total. The SMILES string of the molecule is C[C@@H]1CCC[N+]1(C(N)=O)C(=O)[C@@H](Cc1ccccc1)N(CCCCNC(=O)OC(C)(C)C)S(=O)(=O)c1ccc2ccccc2c1. The summed E-state index contributed by atoms with van der Waals surface area (Å²) in [5.41, 5.74) is 6.05. The minimum atomic E-state index is -4.25. The summed E-state index contributed by atoms with van der Waals surface area (Å²) in [6.07, 6.45) is 1.54. The number of rotatable bonds is 11. The molecule has 0 bridgehead atoms. The largest absolute Gasteiger partial charge is 0.444 e. The number of nitrogens with one attached hydrogen (secondary N) is 1. The molecule has 0 spiro atoms. The molecule has 1 aliphatic rings. The Labute approximate surface area is 266 Å². The van der Waals surface area contributed by atoms with Crippen molar-refractivity contribution in [3.8, 4) is 0 Å². The molecule has 1 saturated heterocycles. The van der Waals surface area contributed by atoms with Crippen molar-refractivity contribution < 1.29 is 32.0 Å². The van der Waals surface area contributed by atoms with Crippen molar-refractivity contribution in [2.75, 3.05) is 19.6 Å². The number of hydrogen-bond acceptors (Lipinski definition) is 6. The average Bonchev–Trinajstić information content (AvgIpc) is 3.39. The number of unbranched alkanes of at least 4 members (excludes halogenated alkanes) is 1. The third kappa shape index (κ3) is 7.89. The fourth-order valence-electron chi connectivity index (χ4n) is 6.06. The van der Waals surface area contributed by atoms with Crippen LogP contribution in [0.5, 0.6) is 0 Å². The Hall–Kier alpha value is -3.80. The van der Waals surface area contributed by atoms with Crippen LogP contribution in [0.2, 0.25) is 0 Å². The number of amides is 4. The highest BCUT2D eigenvalue weighted by molar-refractivity contribution is 7.89. The number of likely N-dealkylation sites (tertiary alicyclic amines) is 1. The lowest BCUT2D eigenvalue weighted by molar-refractivity contribution is -0.784. The van der Waals surface area contributed by atoms with Crippen LogP contribution in [-0.2, 0) is 26.0 Å². The molecule has 0 radical (unpaired) electrons. The topological polar surface area (TPSA) is 136 Å². The van der Waals surface area contributed by atoms with Crippen molar-refractivity contribution in [3.05, 3.63) is 78.4 Å². The predicted octanol–water partition coefficient (Wildman–Crippen LogP) is 5.35. The second-order valence-corrected chi connectivity index (χ2v) is 14.6. The molecule has 242 valence electrons. The van der Waals surface area contributed by atoms with E-state index in [4.69, 9.17) is 10.5 Å². The van der Waals surface area contributed by atoms with Crippen molar-refractivity contribution in [1.29, 1.82) is 0 Å². The Morgan fingerprint density at radius 2 is 1.67 bits per heavy atom. The van der Waals surface area contributed by atoms with E-state index in [2.05, 4.69) is 5.32 Å². The monoisotopic (exact) mass is 637 g/mol. The quantitative estimate of drug-likeness (QED) is 0.215. The number of alkyl carbamates (subject to hydrolysis) is 1. The number of benzene rings is 3. The van der Waals surface area contributed by atoms with E-state index in [9.17, 15) is 22.8 Å². The Bertz CT molecular complexity index is 1620. The van der Waals surface area contributed by atoms with E-state index in [1.54, 1.807) is 39.0 Å². The number of urea groups is 1. The molecule has 0 saturated carbocycles. The standard InChI is InChI=1S/C34H44N4O6S/c1-25-13-12-22-38(25,32(35)40)31(39)30(23-26-14-6-5-7-15-26)37(21-11-10-20-36-33(41)44-34(2,3)4)45(42,43)29-19-18-27-16-8-9-17-28(27)24-29/h5-9,14-19,24-25,30H,10-13,20-23H2,1-4H3,(H2-,35,36,40,41)/p+1/t25-,30-,38?/m1/s1. The minimum Gasteiger partial charge on any atom is -0.444 e. The van der Waals surface area contributed by atoms with Gasteiger partial charge < -0.3 is 15.8 Å². The van der Waals surface area contributed by atoms with Gasteiger partial charge in [0.25, 0.3) is 0 Å². The van der Waals surface area contributed by atoms with Crippen LogP contribution in [0, 0.1) is 0 Å². The molecular formula is C34H45N4O6S+. The van der Waals surface area contributed by atoms with Crippen LogP contribution in [0.3, 0.4) is 0 Å². The first-order valence-corrected chi connectivity index (χ1v) is 16.9. The first-order valence-electron chi connectivity index (χ1n) is 15.5. The Kier molecular flexibility index (Phi) is 10.7. The molecule has 1 heterocycles. The summed E-state index contributed by atoms with van der Waals surface area (Å²) in [6, 6.07) is 19.2. The highest BCUT2D eigenvalue weighted by Crippen LogP contribution is 2.33. The number of ether oxygens (including phenoxy) is 1. The maximum atomic E-state index is 14.7. The third-order valence-corrected chi connectivity index (χ3v) is 10.3. The zero-order valence-electron chi connectivity index (χ0n) is 26.6. The molecule has 3 aromatic carbocycles. The maximum absolute atomic E-state index is 14.7. The fourth-order valence-corrected chi connectivity index (χ4v) is 7.72. The number of nitrogens with two attached hydrogens (primary N) is 1. The molecule has 11 heteroatoms.